The van der Waals surface area contributed by atoms with E-state index in [0.717, 1.165) is 18.7 Å². The molecule has 0 fully saturated rings. The van der Waals surface area contributed by atoms with E-state index >= 15 is 0 Å². The fourth-order valence-corrected chi connectivity index (χ4v) is 2.61. The van der Waals surface area contributed by atoms with E-state index in [-0.39, 0.29) is 0 Å². The van der Waals surface area contributed by atoms with Crippen molar-refractivity contribution < 1.29 is 8.42 Å². The van der Waals surface area contributed by atoms with Gasteiger partial charge in [-0.2, -0.15) is 0 Å². The van der Waals surface area contributed by atoms with E-state index in [2.05, 4.69) is 21.9 Å². The first-order valence-electron chi connectivity index (χ1n) is 6.65. The Hall–Kier alpha value is -0.980. The first-order valence-corrected chi connectivity index (χ1v) is 8.20. The number of hydrogen-bond acceptors (Lipinski definition) is 4. The highest BCUT2D eigenvalue weighted by atomic mass is 32.2. The largest absolute Gasteiger partial charge is 0.315 e. The molecule has 1 aromatic heterocycles. The van der Waals surface area contributed by atoms with E-state index in [0.29, 0.717) is 19.5 Å². The summed E-state index contributed by atoms with van der Waals surface area (Å²) in [5, 5.41) is 2.69. The summed E-state index contributed by atoms with van der Waals surface area (Å²) in [4.78, 5) is 4.16. The summed E-state index contributed by atoms with van der Waals surface area (Å²) in [7, 11) is -3.25. The van der Waals surface area contributed by atoms with Crippen molar-refractivity contribution in [3.8, 4) is 0 Å². The van der Waals surface area contributed by atoms with Crippen LogP contribution in [0.1, 0.15) is 26.0 Å². The molecule has 0 spiro atoms. The average molecular weight is 285 g/mol. The van der Waals surface area contributed by atoms with Crippen LogP contribution >= 0.6 is 0 Å². The fourth-order valence-electron chi connectivity index (χ4n) is 1.60. The van der Waals surface area contributed by atoms with E-state index in [9.17, 15) is 8.42 Å². The van der Waals surface area contributed by atoms with Gasteiger partial charge in [-0.25, -0.2) is 13.1 Å². The van der Waals surface area contributed by atoms with Crippen molar-refractivity contribution in [1.82, 2.24) is 15.0 Å². The van der Waals surface area contributed by atoms with Gasteiger partial charge < -0.3 is 5.32 Å². The monoisotopic (exact) mass is 285 g/mol. The molecule has 0 amide bonds. The zero-order valence-corrected chi connectivity index (χ0v) is 12.4. The summed E-state index contributed by atoms with van der Waals surface area (Å²) in [6.45, 7) is 5.47. The zero-order chi connectivity index (χ0) is 14.1. The molecule has 5 nitrogen and oxygen atoms in total. The zero-order valence-electron chi connectivity index (χ0n) is 11.6. The van der Waals surface area contributed by atoms with Gasteiger partial charge in [-0.15, -0.1) is 0 Å². The second-order valence-corrected chi connectivity index (χ2v) is 6.71. The van der Waals surface area contributed by atoms with Gasteiger partial charge in [0.1, 0.15) is 0 Å². The SMILES string of the molecule is CCCNCC(C)S(=O)(=O)NCCc1ccccn1. The van der Waals surface area contributed by atoms with Gasteiger partial charge in [-0.05, 0) is 32.0 Å². The van der Waals surface area contributed by atoms with Gasteiger partial charge in [-0.3, -0.25) is 4.98 Å². The molecule has 1 aromatic rings. The number of hydrogen-bond donors (Lipinski definition) is 2. The molecular formula is C13H23N3O2S. The molecule has 1 heterocycles. The Balaban J connectivity index is 2.34. The Labute approximate surface area is 115 Å². The molecule has 1 rings (SSSR count). The molecule has 0 saturated heterocycles. The topological polar surface area (TPSA) is 71.1 Å². The Bertz CT molecular complexity index is 448. The van der Waals surface area contributed by atoms with E-state index in [1.54, 1.807) is 13.1 Å². The third-order valence-electron chi connectivity index (χ3n) is 2.80. The van der Waals surface area contributed by atoms with Crippen LogP contribution in [-0.4, -0.2) is 38.3 Å². The Morgan fingerprint density at radius 1 is 1.32 bits per heavy atom. The molecule has 0 aliphatic carbocycles. The second-order valence-electron chi connectivity index (χ2n) is 4.53. The molecule has 6 heteroatoms. The van der Waals surface area contributed by atoms with Crippen molar-refractivity contribution in [1.29, 1.82) is 0 Å². The first kappa shape index (κ1) is 16.1. The summed E-state index contributed by atoms with van der Waals surface area (Å²) in [5.41, 5.74) is 0.891. The highest BCUT2D eigenvalue weighted by Gasteiger charge is 2.19. The van der Waals surface area contributed by atoms with Crippen LogP contribution in [0.15, 0.2) is 24.4 Å². The lowest BCUT2D eigenvalue weighted by molar-refractivity contribution is 0.557. The number of aromatic nitrogens is 1. The van der Waals surface area contributed by atoms with Crippen molar-refractivity contribution in [2.45, 2.75) is 31.9 Å². The van der Waals surface area contributed by atoms with Gasteiger partial charge in [-0.1, -0.05) is 13.0 Å². The van der Waals surface area contributed by atoms with Crippen LogP contribution in [-0.2, 0) is 16.4 Å². The molecule has 0 radical (unpaired) electrons. The van der Waals surface area contributed by atoms with Crippen LogP contribution in [0.25, 0.3) is 0 Å². The van der Waals surface area contributed by atoms with Gasteiger partial charge in [0.25, 0.3) is 0 Å². The van der Waals surface area contributed by atoms with Gasteiger partial charge >= 0.3 is 0 Å². The Morgan fingerprint density at radius 3 is 2.74 bits per heavy atom. The molecule has 108 valence electrons. The van der Waals surface area contributed by atoms with Gasteiger partial charge in [0, 0.05) is 31.4 Å². The summed E-state index contributed by atoms with van der Waals surface area (Å²) in [6, 6.07) is 5.63. The fraction of sp³-hybridized carbons (Fsp3) is 0.615. The van der Waals surface area contributed by atoms with Crippen LogP contribution in [0.2, 0.25) is 0 Å². The average Bonchev–Trinajstić information content (AvgIpc) is 2.40. The predicted octanol–water partition coefficient (Wildman–Crippen LogP) is 0.932. The quantitative estimate of drug-likeness (QED) is 0.662. The van der Waals surface area contributed by atoms with Gasteiger partial charge in [0.15, 0.2) is 0 Å². The van der Waals surface area contributed by atoms with Crippen molar-refractivity contribution in [3.05, 3.63) is 30.1 Å². The van der Waals surface area contributed by atoms with Crippen molar-refractivity contribution in [3.63, 3.8) is 0 Å². The molecule has 0 aliphatic heterocycles. The number of rotatable bonds is 9. The lowest BCUT2D eigenvalue weighted by Gasteiger charge is -2.14. The van der Waals surface area contributed by atoms with Gasteiger partial charge in [0.2, 0.25) is 10.0 Å². The minimum absolute atomic E-state index is 0.386. The molecule has 0 aliphatic rings. The lowest BCUT2D eigenvalue weighted by Crippen LogP contribution is -2.39. The molecule has 1 unspecified atom stereocenters. The molecule has 0 aromatic carbocycles. The minimum Gasteiger partial charge on any atom is -0.315 e. The van der Waals surface area contributed by atoms with Crippen LogP contribution < -0.4 is 10.0 Å². The third-order valence-corrected chi connectivity index (χ3v) is 4.63. The summed E-state index contributed by atoms with van der Waals surface area (Å²) < 4.78 is 26.5. The highest BCUT2D eigenvalue weighted by Crippen LogP contribution is 1.98. The minimum atomic E-state index is -3.25. The summed E-state index contributed by atoms with van der Waals surface area (Å²) in [5.74, 6) is 0. The maximum atomic E-state index is 11.9. The predicted molar refractivity (Wildman–Crippen MR) is 77.5 cm³/mol. The second kappa shape index (κ2) is 8.24. The third kappa shape index (κ3) is 6.13. The van der Waals surface area contributed by atoms with E-state index in [1.807, 2.05) is 18.2 Å². The van der Waals surface area contributed by atoms with Crippen LogP contribution in [0, 0.1) is 0 Å². The van der Waals surface area contributed by atoms with E-state index in [1.165, 1.54) is 0 Å². The summed E-state index contributed by atoms with van der Waals surface area (Å²) in [6.07, 6.45) is 3.32. The first-order chi connectivity index (χ1) is 9.06. The number of nitrogens with zero attached hydrogens (tertiary/aromatic N) is 1. The maximum absolute atomic E-state index is 11.9. The van der Waals surface area contributed by atoms with Gasteiger partial charge in [0.05, 0.1) is 5.25 Å². The molecule has 1 atom stereocenters. The molecule has 0 bridgehead atoms. The lowest BCUT2D eigenvalue weighted by atomic mass is 10.3. The molecular weight excluding hydrogens is 262 g/mol. The molecule has 2 N–H and O–H groups in total. The van der Waals surface area contributed by atoms with E-state index in [4.69, 9.17) is 0 Å². The van der Waals surface area contributed by atoms with Crippen LogP contribution in [0.3, 0.4) is 0 Å². The number of nitrogens with one attached hydrogen (secondary N) is 2. The number of pyridine rings is 1. The normalized spacial score (nSPS) is 13.4. The highest BCUT2D eigenvalue weighted by molar-refractivity contribution is 7.90. The van der Waals surface area contributed by atoms with Crippen molar-refractivity contribution >= 4 is 10.0 Å². The standard InChI is InChI=1S/C13H23N3O2S/c1-3-8-14-11-12(2)19(17,18)16-10-7-13-6-4-5-9-15-13/h4-6,9,12,14,16H,3,7-8,10-11H2,1-2H3. The smallest absolute Gasteiger partial charge is 0.215 e. The van der Waals surface area contributed by atoms with Crippen LogP contribution in [0.5, 0.6) is 0 Å². The number of sulfonamides is 1. The van der Waals surface area contributed by atoms with Crippen LogP contribution in [0.4, 0.5) is 0 Å². The molecule has 19 heavy (non-hydrogen) atoms. The Kier molecular flexibility index (Phi) is 6.97. The maximum Gasteiger partial charge on any atom is 0.215 e. The Morgan fingerprint density at radius 2 is 2.11 bits per heavy atom. The summed E-state index contributed by atoms with van der Waals surface area (Å²) >= 11 is 0. The van der Waals surface area contributed by atoms with Crippen molar-refractivity contribution in [2.75, 3.05) is 19.6 Å². The van der Waals surface area contributed by atoms with E-state index < -0.39 is 15.3 Å². The molecule has 0 saturated carbocycles. The van der Waals surface area contributed by atoms with Crippen molar-refractivity contribution in [2.24, 2.45) is 0 Å².